The van der Waals surface area contributed by atoms with Crippen LogP contribution in [0.15, 0.2) is 97.1 Å². The Morgan fingerprint density at radius 1 is 0.735 bits per heavy atom. The van der Waals surface area contributed by atoms with Crippen molar-refractivity contribution in [3.8, 4) is 17.2 Å². The van der Waals surface area contributed by atoms with E-state index in [9.17, 15) is 14.4 Å². The number of rotatable bonds is 16. The second kappa shape index (κ2) is 17.3. The molecular weight excluding hydrogens is 616 g/mol. The summed E-state index contributed by atoms with van der Waals surface area (Å²) < 4.78 is 16.2. The van der Waals surface area contributed by atoms with Gasteiger partial charge in [-0.3, -0.25) is 14.4 Å². The number of fused-ring (bicyclic) bond motifs is 1. The lowest BCUT2D eigenvalue weighted by molar-refractivity contribution is -0.128. The van der Waals surface area contributed by atoms with Crippen molar-refractivity contribution in [2.75, 3.05) is 21.3 Å². The van der Waals surface area contributed by atoms with E-state index in [4.69, 9.17) is 14.2 Å². The fourth-order valence-corrected chi connectivity index (χ4v) is 6.76. The van der Waals surface area contributed by atoms with Crippen LogP contribution in [-0.2, 0) is 28.9 Å². The van der Waals surface area contributed by atoms with Crippen molar-refractivity contribution in [1.82, 2.24) is 10.6 Å². The van der Waals surface area contributed by atoms with Crippen molar-refractivity contribution in [3.05, 3.63) is 125 Å². The van der Waals surface area contributed by atoms with E-state index < -0.39 is 23.7 Å². The minimum Gasteiger partial charge on any atom is -0.493 e. The highest BCUT2D eigenvalue weighted by atomic mass is 16.5. The van der Waals surface area contributed by atoms with E-state index in [1.165, 1.54) is 44.6 Å². The van der Waals surface area contributed by atoms with Crippen molar-refractivity contribution in [1.29, 1.82) is 0 Å². The molecule has 0 unspecified atom stereocenters. The van der Waals surface area contributed by atoms with Crippen LogP contribution >= 0.6 is 0 Å². The number of benzene rings is 4. The number of aryl methyl sites for hydroxylation is 3. The summed E-state index contributed by atoms with van der Waals surface area (Å²) in [5.74, 6) is -1.37. The number of amides is 2. The molecule has 5 rings (SSSR count). The van der Waals surface area contributed by atoms with Crippen LogP contribution in [0.5, 0.6) is 17.2 Å². The van der Waals surface area contributed by atoms with E-state index in [0.717, 1.165) is 49.7 Å². The van der Waals surface area contributed by atoms with Crippen LogP contribution in [0.3, 0.4) is 0 Å². The second-order valence-electron chi connectivity index (χ2n) is 12.5. The predicted octanol–water partition coefficient (Wildman–Crippen LogP) is 6.85. The van der Waals surface area contributed by atoms with Crippen LogP contribution in [-0.4, -0.2) is 45.0 Å². The van der Waals surface area contributed by atoms with E-state index in [2.05, 4.69) is 59.2 Å². The van der Waals surface area contributed by atoms with Gasteiger partial charge < -0.3 is 24.8 Å². The Kier molecular flexibility index (Phi) is 12.5. The van der Waals surface area contributed by atoms with Gasteiger partial charge in [-0.15, -0.1) is 0 Å². The molecule has 256 valence electrons. The molecule has 8 nitrogen and oxygen atoms in total. The van der Waals surface area contributed by atoms with Gasteiger partial charge in [0.05, 0.1) is 33.3 Å². The molecule has 2 atom stereocenters. The van der Waals surface area contributed by atoms with Crippen LogP contribution in [0, 0.1) is 5.92 Å². The summed E-state index contributed by atoms with van der Waals surface area (Å²) in [6.07, 6.45) is 6.69. The molecule has 2 amide bonds. The summed E-state index contributed by atoms with van der Waals surface area (Å²) >= 11 is 0. The molecule has 0 heterocycles. The van der Waals surface area contributed by atoms with Crippen LogP contribution in [0.4, 0.5) is 0 Å². The first kappa shape index (κ1) is 35.2. The molecule has 0 fully saturated rings. The lowest BCUT2D eigenvalue weighted by Crippen LogP contribution is -2.47. The Bertz CT molecular complexity index is 1640. The highest BCUT2D eigenvalue weighted by molar-refractivity contribution is 6.43. The summed E-state index contributed by atoms with van der Waals surface area (Å²) in [5, 5.41) is 6.32. The van der Waals surface area contributed by atoms with Gasteiger partial charge in [-0.25, -0.2) is 0 Å². The molecule has 0 radical (unpaired) electrons. The normalized spacial score (nSPS) is 15.2. The lowest BCUT2D eigenvalue weighted by atomic mass is 9.78. The third kappa shape index (κ3) is 9.08. The quantitative estimate of drug-likeness (QED) is 0.101. The molecule has 49 heavy (non-hydrogen) atoms. The van der Waals surface area contributed by atoms with E-state index in [0.29, 0.717) is 18.6 Å². The molecule has 8 heteroatoms. The third-order valence-corrected chi connectivity index (χ3v) is 9.34. The Labute approximate surface area is 289 Å². The van der Waals surface area contributed by atoms with E-state index in [-0.39, 0.29) is 29.0 Å². The molecule has 4 aromatic rings. The van der Waals surface area contributed by atoms with Gasteiger partial charge in [0, 0.05) is 11.6 Å². The maximum Gasteiger partial charge on any atom is 0.292 e. The smallest absolute Gasteiger partial charge is 0.292 e. The number of ether oxygens (including phenoxy) is 3. The standard InChI is InChI=1S/C41H46N2O6/c1-47-35-26-31(27-36(48-2)39(35)49-3)38(44)41(46)43-37-33-23-11-10-20-30(33)24-25-34(37)40(45)42-32(21-12-18-28-14-6-4-7-15-28)22-13-19-29-16-8-5-9-17-29/h4-11,14-17,20,23,26-27,32,34,37H,12-13,18-19,21-22,24-25H2,1-3H3,(H,42,45)(H,43,46)/t34-,37-/m1/s1. The van der Waals surface area contributed by atoms with Crippen LogP contribution in [0.25, 0.3) is 0 Å². The summed E-state index contributed by atoms with van der Waals surface area (Å²) in [6.45, 7) is 0. The number of carbonyl (C=O) groups excluding carboxylic acids is 3. The number of methoxy groups -OCH3 is 3. The Hall–Kier alpha value is -5.11. The van der Waals surface area contributed by atoms with Gasteiger partial charge in [-0.2, -0.15) is 0 Å². The molecule has 0 aromatic heterocycles. The molecule has 4 aromatic carbocycles. The first-order valence-corrected chi connectivity index (χ1v) is 17.0. The first-order valence-electron chi connectivity index (χ1n) is 17.0. The molecule has 1 aliphatic carbocycles. The van der Waals surface area contributed by atoms with Gasteiger partial charge >= 0.3 is 0 Å². The van der Waals surface area contributed by atoms with Gasteiger partial charge in [0.25, 0.3) is 5.91 Å². The summed E-state index contributed by atoms with van der Waals surface area (Å²) in [7, 11) is 4.37. The van der Waals surface area contributed by atoms with Crippen molar-refractivity contribution >= 4 is 17.6 Å². The first-order chi connectivity index (χ1) is 23.9. The number of Topliss-reactive ketones (excluding diaryl/α,β-unsaturated/α-hetero) is 1. The molecule has 0 saturated heterocycles. The summed E-state index contributed by atoms with van der Waals surface area (Å²) in [5.41, 5.74) is 4.55. The Morgan fingerprint density at radius 2 is 1.29 bits per heavy atom. The number of hydrogen-bond acceptors (Lipinski definition) is 6. The highest BCUT2D eigenvalue weighted by Gasteiger charge is 2.37. The largest absolute Gasteiger partial charge is 0.493 e. The number of carbonyl (C=O) groups is 3. The van der Waals surface area contributed by atoms with Crippen LogP contribution in [0.2, 0.25) is 0 Å². The van der Waals surface area contributed by atoms with E-state index >= 15 is 0 Å². The SMILES string of the molecule is COc1cc(C(=O)C(=O)N[C@@H]2c3ccccc3CC[C@H]2C(=O)NC(CCCc2ccccc2)CCCc2ccccc2)cc(OC)c1OC. The monoisotopic (exact) mass is 662 g/mol. The maximum atomic E-state index is 14.2. The van der Waals surface area contributed by atoms with Crippen LogP contribution < -0.4 is 24.8 Å². The number of nitrogens with one attached hydrogen (secondary N) is 2. The minimum absolute atomic E-state index is 0.0192. The van der Waals surface area contributed by atoms with Gasteiger partial charge in [0.1, 0.15) is 0 Å². The van der Waals surface area contributed by atoms with Gasteiger partial charge in [0.15, 0.2) is 11.5 Å². The Morgan fingerprint density at radius 3 is 1.84 bits per heavy atom. The highest BCUT2D eigenvalue weighted by Crippen LogP contribution is 2.39. The summed E-state index contributed by atoms with van der Waals surface area (Å²) in [4.78, 5) is 41.3. The zero-order valence-electron chi connectivity index (χ0n) is 28.6. The number of ketones is 1. The van der Waals surface area contributed by atoms with Gasteiger partial charge in [0.2, 0.25) is 17.4 Å². The third-order valence-electron chi connectivity index (χ3n) is 9.34. The fraction of sp³-hybridized carbons (Fsp3) is 0.341. The molecule has 0 spiro atoms. The minimum atomic E-state index is -0.809. The molecular formula is C41H46N2O6. The van der Waals surface area contributed by atoms with Crippen molar-refractivity contribution in [3.63, 3.8) is 0 Å². The zero-order chi connectivity index (χ0) is 34.6. The fourth-order valence-electron chi connectivity index (χ4n) is 6.76. The van der Waals surface area contributed by atoms with Crippen LogP contribution in [0.1, 0.15) is 70.8 Å². The van der Waals surface area contributed by atoms with Crippen molar-refractivity contribution in [2.45, 2.75) is 63.5 Å². The molecule has 0 aliphatic heterocycles. The van der Waals surface area contributed by atoms with E-state index in [1.54, 1.807) is 0 Å². The summed E-state index contributed by atoms with van der Waals surface area (Å²) in [6, 6.07) is 30.8. The zero-order valence-corrected chi connectivity index (χ0v) is 28.6. The average molecular weight is 663 g/mol. The maximum absolute atomic E-state index is 14.2. The predicted molar refractivity (Wildman–Crippen MR) is 190 cm³/mol. The topological polar surface area (TPSA) is 103 Å². The lowest BCUT2D eigenvalue weighted by Gasteiger charge is -2.34. The van der Waals surface area contributed by atoms with Crippen molar-refractivity contribution < 1.29 is 28.6 Å². The Balaban J connectivity index is 1.33. The average Bonchev–Trinajstić information content (AvgIpc) is 3.14. The van der Waals surface area contributed by atoms with Gasteiger partial charge in [-0.1, -0.05) is 84.9 Å². The molecule has 2 N–H and O–H groups in total. The van der Waals surface area contributed by atoms with E-state index in [1.807, 2.05) is 36.4 Å². The molecule has 0 bridgehead atoms. The molecule has 0 saturated carbocycles. The number of hydrogen-bond donors (Lipinski definition) is 2. The second-order valence-corrected chi connectivity index (χ2v) is 12.5. The molecule has 1 aliphatic rings. The van der Waals surface area contributed by atoms with Crippen molar-refractivity contribution in [2.24, 2.45) is 5.92 Å². The van der Waals surface area contributed by atoms with Gasteiger partial charge in [-0.05, 0) is 85.8 Å².